The number of benzene rings is 1. The molecule has 2 fully saturated rings. The maximum Gasteiger partial charge on any atom is 0.139 e. The van der Waals surface area contributed by atoms with Gasteiger partial charge in [-0.1, -0.05) is 26.8 Å². The predicted molar refractivity (Wildman–Crippen MR) is 102 cm³/mol. The van der Waals surface area contributed by atoms with Crippen molar-refractivity contribution in [1.82, 2.24) is 0 Å². The van der Waals surface area contributed by atoms with Crippen molar-refractivity contribution in [3.05, 3.63) is 29.3 Å². The highest BCUT2D eigenvalue weighted by molar-refractivity contribution is 5.87. The van der Waals surface area contributed by atoms with Crippen molar-refractivity contribution in [2.24, 2.45) is 17.3 Å². The van der Waals surface area contributed by atoms with Gasteiger partial charge in [0, 0.05) is 26.1 Å². The fourth-order valence-corrected chi connectivity index (χ4v) is 5.34. The number of carbonyl (C=O) groups excluding carboxylic acids is 1. The van der Waals surface area contributed by atoms with Gasteiger partial charge in [-0.05, 0) is 73.1 Å². The molecule has 3 aliphatic rings. The molecule has 0 aliphatic heterocycles. The molecule has 2 saturated carbocycles. The molecule has 3 heteroatoms. The van der Waals surface area contributed by atoms with Crippen molar-refractivity contribution in [1.29, 1.82) is 0 Å². The van der Waals surface area contributed by atoms with Crippen molar-refractivity contribution in [2.75, 3.05) is 14.2 Å². The molecule has 140 valence electrons. The Balaban J connectivity index is 0.000000410. The number of fused-ring (bicyclic) bond motifs is 5. The lowest BCUT2D eigenvalue weighted by molar-refractivity contribution is -0.129. The van der Waals surface area contributed by atoms with Crippen LogP contribution in [0.4, 0.5) is 0 Å². The monoisotopic (exact) mass is 346 g/mol. The lowest BCUT2D eigenvalue weighted by Gasteiger charge is -2.48. The quantitative estimate of drug-likeness (QED) is 0.710. The van der Waals surface area contributed by atoms with Gasteiger partial charge in [0.1, 0.15) is 11.5 Å². The third kappa shape index (κ3) is 3.62. The number of rotatable bonds is 0. The number of phenolic OH excluding ortho intramolecular Hbond substituents is 1. The smallest absolute Gasteiger partial charge is 0.139 e. The second-order valence-corrected chi connectivity index (χ2v) is 7.62. The Bertz CT molecular complexity index is 595. The third-order valence-electron chi connectivity index (χ3n) is 6.42. The van der Waals surface area contributed by atoms with Crippen molar-refractivity contribution in [3.63, 3.8) is 0 Å². The summed E-state index contributed by atoms with van der Waals surface area (Å²) >= 11 is 0. The summed E-state index contributed by atoms with van der Waals surface area (Å²) in [6.07, 6.45) is 6.34. The van der Waals surface area contributed by atoms with Gasteiger partial charge in [0.25, 0.3) is 0 Å². The van der Waals surface area contributed by atoms with Crippen LogP contribution in [0.1, 0.15) is 69.9 Å². The number of carbonyl (C=O) groups is 1. The van der Waals surface area contributed by atoms with Crippen LogP contribution in [-0.2, 0) is 16.0 Å². The van der Waals surface area contributed by atoms with E-state index in [1.54, 1.807) is 14.2 Å². The predicted octanol–water partition coefficient (Wildman–Crippen LogP) is 5.11. The van der Waals surface area contributed by atoms with Crippen LogP contribution >= 0.6 is 0 Å². The van der Waals surface area contributed by atoms with E-state index in [0.29, 0.717) is 29.3 Å². The molecule has 0 amide bonds. The van der Waals surface area contributed by atoms with Gasteiger partial charge in [-0.15, -0.1) is 0 Å². The molecular formula is C22H34O3. The molecule has 25 heavy (non-hydrogen) atoms. The minimum absolute atomic E-state index is 0.0322. The Labute approximate surface area is 152 Å². The van der Waals surface area contributed by atoms with Crippen molar-refractivity contribution in [3.8, 4) is 5.75 Å². The Hall–Kier alpha value is -1.35. The molecule has 0 aromatic heterocycles. The number of methoxy groups -OCH3 is 1. The molecule has 0 bridgehead atoms. The maximum atomic E-state index is 12.3. The SMILES string of the molecule is CC.CC12CCC3c4ccc(O)cc4CCC3C1CCC2=O.COC. The summed E-state index contributed by atoms with van der Waals surface area (Å²) in [4.78, 5) is 12.3. The lowest BCUT2D eigenvalue weighted by atomic mass is 9.55. The molecule has 1 aromatic carbocycles. The van der Waals surface area contributed by atoms with Gasteiger partial charge < -0.3 is 9.84 Å². The maximum absolute atomic E-state index is 12.3. The molecule has 0 heterocycles. The molecule has 4 atom stereocenters. The minimum atomic E-state index is -0.0322. The van der Waals surface area contributed by atoms with Crippen LogP contribution in [0.5, 0.6) is 5.75 Å². The van der Waals surface area contributed by atoms with Crippen molar-refractivity contribution < 1.29 is 14.6 Å². The van der Waals surface area contributed by atoms with Gasteiger partial charge in [-0.3, -0.25) is 4.79 Å². The molecule has 3 nitrogen and oxygen atoms in total. The topological polar surface area (TPSA) is 46.5 Å². The van der Waals surface area contributed by atoms with Gasteiger partial charge in [0.05, 0.1) is 0 Å². The second-order valence-electron chi connectivity index (χ2n) is 7.62. The Morgan fingerprint density at radius 3 is 2.48 bits per heavy atom. The first-order valence-corrected chi connectivity index (χ1v) is 9.76. The van der Waals surface area contributed by atoms with Crippen LogP contribution in [0.2, 0.25) is 0 Å². The van der Waals surface area contributed by atoms with Gasteiger partial charge >= 0.3 is 0 Å². The summed E-state index contributed by atoms with van der Waals surface area (Å²) in [7, 11) is 3.25. The van der Waals surface area contributed by atoms with Crippen LogP contribution in [0.3, 0.4) is 0 Å². The van der Waals surface area contributed by atoms with Crippen LogP contribution in [0, 0.1) is 17.3 Å². The molecule has 0 spiro atoms. The summed E-state index contributed by atoms with van der Waals surface area (Å²) in [6.45, 7) is 6.22. The largest absolute Gasteiger partial charge is 0.508 e. The first-order chi connectivity index (χ1) is 12.0. The summed E-state index contributed by atoms with van der Waals surface area (Å²) in [5.74, 6) is 2.78. The molecular weight excluding hydrogens is 312 g/mol. The van der Waals surface area contributed by atoms with E-state index in [-0.39, 0.29) is 5.41 Å². The van der Waals surface area contributed by atoms with E-state index in [1.165, 1.54) is 17.5 Å². The van der Waals surface area contributed by atoms with E-state index in [1.807, 2.05) is 26.0 Å². The van der Waals surface area contributed by atoms with Crippen LogP contribution in [-0.4, -0.2) is 25.1 Å². The number of aryl methyl sites for hydroxylation is 1. The average Bonchev–Trinajstić information content (AvgIpc) is 2.92. The Morgan fingerprint density at radius 1 is 1.12 bits per heavy atom. The van der Waals surface area contributed by atoms with Gasteiger partial charge in [0.2, 0.25) is 0 Å². The number of phenols is 1. The normalized spacial score (nSPS) is 32.2. The van der Waals surface area contributed by atoms with Crippen LogP contribution in [0.15, 0.2) is 18.2 Å². The summed E-state index contributed by atoms with van der Waals surface area (Å²) in [6, 6.07) is 5.90. The van der Waals surface area contributed by atoms with Crippen molar-refractivity contribution >= 4 is 5.78 Å². The van der Waals surface area contributed by atoms with Crippen LogP contribution in [0.25, 0.3) is 0 Å². The zero-order valence-electron chi connectivity index (χ0n) is 16.5. The van der Waals surface area contributed by atoms with E-state index >= 15 is 0 Å². The molecule has 3 aliphatic carbocycles. The van der Waals surface area contributed by atoms with Gasteiger partial charge in [-0.2, -0.15) is 0 Å². The standard InChI is InChI=1S/C18H22O2.C2H6O.C2H6/c1-18-9-8-14-13-5-3-12(19)10-11(13)2-4-15(14)16(18)6-7-17(18)20;1-3-2;1-2/h3,5,10,14-16,19H,2,4,6-9H2,1H3;1-2H3;1-2H3. The fourth-order valence-electron chi connectivity index (χ4n) is 5.34. The van der Waals surface area contributed by atoms with Gasteiger partial charge in [0.15, 0.2) is 0 Å². The number of ketones is 1. The molecule has 1 N–H and O–H groups in total. The van der Waals surface area contributed by atoms with Crippen LogP contribution < -0.4 is 0 Å². The fraction of sp³-hybridized carbons (Fsp3) is 0.682. The van der Waals surface area contributed by atoms with Crippen molar-refractivity contribution in [2.45, 2.75) is 65.2 Å². The number of ether oxygens (including phenoxy) is 1. The number of Topliss-reactive ketones (excluding diaryl/α,β-unsaturated/α-hetero) is 1. The molecule has 4 rings (SSSR count). The molecule has 1 aromatic rings. The summed E-state index contributed by atoms with van der Waals surface area (Å²) < 4.78 is 4.25. The van der Waals surface area contributed by atoms with E-state index in [2.05, 4.69) is 17.7 Å². The zero-order valence-corrected chi connectivity index (χ0v) is 16.5. The Morgan fingerprint density at radius 2 is 1.80 bits per heavy atom. The highest BCUT2D eigenvalue weighted by atomic mass is 16.4. The second kappa shape index (κ2) is 8.35. The van der Waals surface area contributed by atoms with Gasteiger partial charge in [-0.25, -0.2) is 0 Å². The summed E-state index contributed by atoms with van der Waals surface area (Å²) in [5.41, 5.74) is 2.75. The zero-order chi connectivity index (χ0) is 18.6. The lowest BCUT2D eigenvalue weighted by Crippen LogP contribution is -2.42. The molecule has 0 radical (unpaired) electrons. The number of hydrogen-bond donors (Lipinski definition) is 1. The first kappa shape index (κ1) is 20.0. The first-order valence-electron chi connectivity index (χ1n) is 9.76. The highest BCUT2D eigenvalue weighted by Gasteiger charge is 2.54. The van der Waals surface area contributed by atoms with E-state index < -0.39 is 0 Å². The number of hydrogen-bond acceptors (Lipinski definition) is 3. The highest BCUT2D eigenvalue weighted by Crippen LogP contribution is 2.59. The molecule has 0 saturated heterocycles. The van der Waals surface area contributed by atoms with E-state index in [9.17, 15) is 9.90 Å². The average molecular weight is 347 g/mol. The number of aromatic hydroxyl groups is 1. The summed E-state index contributed by atoms with van der Waals surface area (Å²) in [5, 5.41) is 9.67. The minimum Gasteiger partial charge on any atom is -0.508 e. The molecule has 4 unspecified atom stereocenters. The van der Waals surface area contributed by atoms with E-state index in [0.717, 1.165) is 32.1 Å². The Kier molecular flexibility index (Phi) is 6.67. The van der Waals surface area contributed by atoms with E-state index in [4.69, 9.17) is 0 Å². The third-order valence-corrected chi connectivity index (χ3v) is 6.42.